The van der Waals surface area contributed by atoms with E-state index >= 15 is 0 Å². The van der Waals surface area contributed by atoms with Gasteiger partial charge in [-0.05, 0) is 6.42 Å². The first-order chi connectivity index (χ1) is 4.74. The molecule has 0 aliphatic carbocycles. The van der Waals surface area contributed by atoms with Gasteiger partial charge in [0.05, 0.1) is 19.2 Å². The zero-order valence-corrected chi connectivity index (χ0v) is 6.13. The zero-order valence-electron chi connectivity index (χ0n) is 6.13. The molecule has 0 rings (SSSR count). The zero-order chi connectivity index (χ0) is 7.98. The number of nitrogens with two attached hydrogens (primary N) is 1. The fourth-order valence-corrected chi connectivity index (χ4v) is 0.563. The predicted octanol–water partition coefficient (Wildman–Crippen LogP) is -1.17. The van der Waals surface area contributed by atoms with E-state index in [-0.39, 0.29) is 25.1 Å². The highest BCUT2D eigenvalue weighted by Gasteiger charge is 2.05. The van der Waals surface area contributed by atoms with E-state index in [4.69, 9.17) is 10.8 Å². The fourth-order valence-electron chi connectivity index (χ4n) is 0.563. The van der Waals surface area contributed by atoms with Crippen molar-refractivity contribution < 1.29 is 9.90 Å². The minimum absolute atomic E-state index is 0.0174. The topological polar surface area (TPSA) is 75.3 Å². The summed E-state index contributed by atoms with van der Waals surface area (Å²) in [6.45, 7) is 1.84. The molecule has 0 aliphatic heterocycles. The molecule has 0 heterocycles. The maximum atomic E-state index is 10.6. The number of hydrogen-bond acceptors (Lipinski definition) is 3. The van der Waals surface area contributed by atoms with E-state index in [1.165, 1.54) is 0 Å². The van der Waals surface area contributed by atoms with Crippen molar-refractivity contribution in [3.63, 3.8) is 0 Å². The van der Waals surface area contributed by atoms with Gasteiger partial charge in [-0.15, -0.1) is 0 Å². The van der Waals surface area contributed by atoms with E-state index in [0.29, 0.717) is 0 Å². The van der Waals surface area contributed by atoms with Crippen LogP contribution in [-0.4, -0.2) is 30.2 Å². The summed E-state index contributed by atoms with van der Waals surface area (Å²) in [6.07, 6.45) is 0.724. The number of rotatable bonds is 4. The van der Waals surface area contributed by atoms with Crippen LogP contribution in [0.15, 0.2) is 0 Å². The van der Waals surface area contributed by atoms with Crippen LogP contribution in [0.2, 0.25) is 0 Å². The third kappa shape index (κ3) is 3.42. The Balaban J connectivity index is 3.52. The van der Waals surface area contributed by atoms with E-state index in [2.05, 4.69) is 5.32 Å². The molecule has 0 aliphatic rings. The second kappa shape index (κ2) is 5.20. The first-order valence-corrected chi connectivity index (χ1v) is 3.34. The maximum Gasteiger partial charge on any atom is 0.234 e. The number of aliphatic hydroxyl groups excluding tert-OH is 1. The van der Waals surface area contributed by atoms with Gasteiger partial charge in [0.25, 0.3) is 0 Å². The Morgan fingerprint density at radius 2 is 2.40 bits per heavy atom. The summed E-state index contributed by atoms with van der Waals surface area (Å²) in [6, 6.07) is -0.143. The van der Waals surface area contributed by atoms with Crippen LogP contribution in [0.1, 0.15) is 13.3 Å². The van der Waals surface area contributed by atoms with Crippen LogP contribution in [0, 0.1) is 0 Å². The van der Waals surface area contributed by atoms with Crippen LogP contribution in [0.3, 0.4) is 0 Å². The third-order valence-corrected chi connectivity index (χ3v) is 1.26. The number of nitrogens with one attached hydrogen (secondary N) is 1. The summed E-state index contributed by atoms with van der Waals surface area (Å²) in [5.41, 5.74) is 5.04. The molecular formula is C6H14N2O2. The highest BCUT2D eigenvalue weighted by Crippen LogP contribution is 1.86. The normalized spacial score (nSPS) is 12.7. The first kappa shape index (κ1) is 9.39. The summed E-state index contributed by atoms with van der Waals surface area (Å²) in [7, 11) is 0. The van der Waals surface area contributed by atoms with Crippen LogP contribution >= 0.6 is 0 Å². The number of carbonyl (C=O) groups excluding carboxylic acids is 1. The van der Waals surface area contributed by atoms with Gasteiger partial charge >= 0.3 is 0 Å². The van der Waals surface area contributed by atoms with Gasteiger partial charge in [0.2, 0.25) is 5.91 Å². The number of aliphatic hydroxyl groups is 1. The summed E-state index contributed by atoms with van der Waals surface area (Å²) in [4.78, 5) is 10.6. The molecule has 10 heavy (non-hydrogen) atoms. The standard InChI is InChI=1S/C6H14N2O2/c1-2-5(4-9)8-6(10)3-7/h5,9H,2-4,7H2,1H3,(H,8,10). The SMILES string of the molecule is CCC(CO)NC(=O)CN. The van der Waals surface area contributed by atoms with Crippen molar-refractivity contribution in [3.05, 3.63) is 0 Å². The average Bonchev–Trinajstić information content (AvgIpc) is 1.99. The van der Waals surface area contributed by atoms with Gasteiger partial charge in [-0.1, -0.05) is 6.92 Å². The van der Waals surface area contributed by atoms with E-state index in [1.807, 2.05) is 6.92 Å². The lowest BCUT2D eigenvalue weighted by molar-refractivity contribution is -0.120. The predicted molar refractivity (Wildman–Crippen MR) is 38.4 cm³/mol. The second-order valence-electron chi connectivity index (χ2n) is 2.06. The van der Waals surface area contributed by atoms with E-state index in [1.54, 1.807) is 0 Å². The first-order valence-electron chi connectivity index (χ1n) is 3.34. The Hall–Kier alpha value is -0.610. The number of hydrogen-bond donors (Lipinski definition) is 3. The molecule has 4 nitrogen and oxygen atoms in total. The highest BCUT2D eigenvalue weighted by atomic mass is 16.3. The van der Waals surface area contributed by atoms with Crippen LogP contribution in [0.5, 0.6) is 0 Å². The minimum Gasteiger partial charge on any atom is -0.394 e. The molecule has 0 aromatic rings. The van der Waals surface area contributed by atoms with Crippen LogP contribution in [0.25, 0.3) is 0 Å². The lowest BCUT2D eigenvalue weighted by Gasteiger charge is -2.12. The van der Waals surface area contributed by atoms with E-state index in [9.17, 15) is 4.79 Å². The molecule has 0 aromatic heterocycles. The molecule has 0 saturated heterocycles. The van der Waals surface area contributed by atoms with Crippen molar-refractivity contribution in [1.82, 2.24) is 5.32 Å². The minimum atomic E-state index is -0.221. The Kier molecular flexibility index (Phi) is 4.88. The molecule has 0 aromatic carbocycles. The van der Waals surface area contributed by atoms with Crippen molar-refractivity contribution in [2.45, 2.75) is 19.4 Å². The van der Waals surface area contributed by atoms with Crippen molar-refractivity contribution >= 4 is 5.91 Å². The molecular weight excluding hydrogens is 132 g/mol. The third-order valence-electron chi connectivity index (χ3n) is 1.26. The number of amides is 1. The maximum absolute atomic E-state index is 10.6. The molecule has 1 atom stereocenters. The Bertz CT molecular complexity index is 102. The van der Waals surface area contributed by atoms with E-state index in [0.717, 1.165) is 6.42 Å². The van der Waals surface area contributed by atoms with Gasteiger partial charge in [0.15, 0.2) is 0 Å². The smallest absolute Gasteiger partial charge is 0.234 e. The second-order valence-corrected chi connectivity index (χ2v) is 2.06. The Labute approximate surface area is 60.4 Å². The molecule has 0 radical (unpaired) electrons. The quantitative estimate of drug-likeness (QED) is 0.468. The highest BCUT2D eigenvalue weighted by molar-refractivity contribution is 5.78. The average molecular weight is 146 g/mol. The van der Waals surface area contributed by atoms with Gasteiger partial charge < -0.3 is 16.2 Å². The molecule has 4 N–H and O–H groups in total. The fraction of sp³-hybridized carbons (Fsp3) is 0.833. The Morgan fingerprint density at radius 1 is 1.80 bits per heavy atom. The van der Waals surface area contributed by atoms with Gasteiger partial charge in [-0.25, -0.2) is 0 Å². The van der Waals surface area contributed by atoms with Crippen molar-refractivity contribution in [2.75, 3.05) is 13.2 Å². The van der Waals surface area contributed by atoms with Crippen LogP contribution in [-0.2, 0) is 4.79 Å². The van der Waals surface area contributed by atoms with Crippen LogP contribution in [0.4, 0.5) is 0 Å². The molecule has 1 amide bonds. The summed E-state index contributed by atoms with van der Waals surface area (Å²) >= 11 is 0. The van der Waals surface area contributed by atoms with Gasteiger partial charge in [0.1, 0.15) is 0 Å². The Morgan fingerprint density at radius 3 is 2.70 bits per heavy atom. The molecule has 0 bridgehead atoms. The molecule has 0 fully saturated rings. The van der Waals surface area contributed by atoms with Gasteiger partial charge in [-0.2, -0.15) is 0 Å². The summed E-state index contributed by atoms with van der Waals surface area (Å²) in [5.74, 6) is -0.221. The van der Waals surface area contributed by atoms with Gasteiger partial charge in [-0.3, -0.25) is 4.79 Å². The summed E-state index contributed by atoms with van der Waals surface area (Å²) in [5, 5.41) is 11.2. The number of carbonyl (C=O) groups is 1. The summed E-state index contributed by atoms with van der Waals surface area (Å²) < 4.78 is 0. The monoisotopic (exact) mass is 146 g/mol. The van der Waals surface area contributed by atoms with E-state index < -0.39 is 0 Å². The molecule has 4 heteroatoms. The van der Waals surface area contributed by atoms with Crippen LogP contribution < -0.4 is 11.1 Å². The van der Waals surface area contributed by atoms with Crippen molar-refractivity contribution in [2.24, 2.45) is 5.73 Å². The molecule has 0 saturated carbocycles. The van der Waals surface area contributed by atoms with Crippen molar-refractivity contribution in [1.29, 1.82) is 0 Å². The van der Waals surface area contributed by atoms with Crippen molar-refractivity contribution in [3.8, 4) is 0 Å². The molecule has 1 unspecified atom stereocenters. The lowest BCUT2D eigenvalue weighted by atomic mass is 10.2. The molecule has 60 valence electrons. The van der Waals surface area contributed by atoms with Gasteiger partial charge in [0, 0.05) is 0 Å². The largest absolute Gasteiger partial charge is 0.394 e. The molecule has 0 spiro atoms. The lowest BCUT2D eigenvalue weighted by Crippen LogP contribution is -2.40.